The summed E-state index contributed by atoms with van der Waals surface area (Å²) in [7, 11) is 0. The fourth-order valence-electron chi connectivity index (χ4n) is 1.85. The lowest BCUT2D eigenvalue weighted by Gasteiger charge is -2.04. The van der Waals surface area contributed by atoms with Crippen LogP contribution in [0.3, 0.4) is 0 Å². The van der Waals surface area contributed by atoms with Gasteiger partial charge < -0.3 is 10.8 Å². The SMILES string of the molecule is NC(CO)C1CC12CC2. The molecule has 2 fully saturated rings. The Kier molecular flexibility index (Phi) is 0.945. The van der Waals surface area contributed by atoms with E-state index in [1.54, 1.807) is 0 Å². The summed E-state index contributed by atoms with van der Waals surface area (Å²) in [5.74, 6) is 0.669. The zero-order valence-electron chi connectivity index (χ0n) is 5.51. The molecule has 2 saturated carbocycles. The van der Waals surface area contributed by atoms with Crippen LogP contribution in [-0.2, 0) is 0 Å². The molecule has 0 aliphatic heterocycles. The first kappa shape index (κ1) is 5.69. The van der Waals surface area contributed by atoms with E-state index in [4.69, 9.17) is 10.8 Å². The third kappa shape index (κ3) is 0.700. The van der Waals surface area contributed by atoms with Crippen molar-refractivity contribution in [3.63, 3.8) is 0 Å². The predicted octanol–water partition coefficient (Wildman–Crippen LogP) is 0.106. The van der Waals surface area contributed by atoms with Crippen LogP contribution in [0.15, 0.2) is 0 Å². The van der Waals surface area contributed by atoms with Crippen molar-refractivity contribution < 1.29 is 5.11 Å². The summed E-state index contributed by atoms with van der Waals surface area (Å²) in [5, 5.41) is 8.68. The number of rotatable bonds is 2. The molecule has 9 heavy (non-hydrogen) atoms. The molecule has 2 aliphatic carbocycles. The van der Waals surface area contributed by atoms with E-state index in [0.29, 0.717) is 11.3 Å². The Balaban J connectivity index is 1.89. The molecular weight excluding hydrogens is 114 g/mol. The zero-order valence-corrected chi connectivity index (χ0v) is 5.51. The van der Waals surface area contributed by atoms with Gasteiger partial charge in [0.15, 0.2) is 0 Å². The van der Waals surface area contributed by atoms with Crippen LogP contribution >= 0.6 is 0 Å². The standard InChI is InChI=1S/C7H13NO/c8-6(4-9)5-3-7(5)1-2-7/h5-6,9H,1-4,8H2. The Hall–Kier alpha value is -0.0800. The monoisotopic (exact) mass is 127 g/mol. The van der Waals surface area contributed by atoms with Gasteiger partial charge in [-0.3, -0.25) is 0 Å². The second kappa shape index (κ2) is 1.50. The van der Waals surface area contributed by atoms with Crippen molar-refractivity contribution in [3.8, 4) is 0 Å². The van der Waals surface area contributed by atoms with E-state index in [1.165, 1.54) is 19.3 Å². The highest BCUT2D eigenvalue weighted by Crippen LogP contribution is 2.71. The quantitative estimate of drug-likeness (QED) is 0.553. The fraction of sp³-hybridized carbons (Fsp3) is 1.00. The maximum atomic E-state index is 8.68. The van der Waals surface area contributed by atoms with Crippen LogP contribution in [0.4, 0.5) is 0 Å². The summed E-state index contributed by atoms with van der Waals surface area (Å²) < 4.78 is 0. The Morgan fingerprint density at radius 1 is 1.67 bits per heavy atom. The predicted molar refractivity (Wildman–Crippen MR) is 34.8 cm³/mol. The summed E-state index contributed by atoms with van der Waals surface area (Å²) >= 11 is 0. The van der Waals surface area contributed by atoms with Gasteiger partial charge >= 0.3 is 0 Å². The maximum absolute atomic E-state index is 8.68. The third-order valence-corrected chi connectivity index (χ3v) is 2.87. The highest BCUT2D eigenvalue weighted by molar-refractivity contribution is 5.15. The second-order valence-corrected chi connectivity index (χ2v) is 3.52. The van der Waals surface area contributed by atoms with Crippen molar-refractivity contribution in [3.05, 3.63) is 0 Å². The smallest absolute Gasteiger partial charge is 0.0585 e. The Labute approximate surface area is 55.1 Å². The van der Waals surface area contributed by atoms with Crippen LogP contribution in [-0.4, -0.2) is 17.8 Å². The van der Waals surface area contributed by atoms with E-state index in [1.807, 2.05) is 0 Å². The van der Waals surface area contributed by atoms with Crippen LogP contribution in [0.1, 0.15) is 19.3 Å². The maximum Gasteiger partial charge on any atom is 0.0585 e. The van der Waals surface area contributed by atoms with Crippen molar-refractivity contribution in [1.82, 2.24) is 0 Å². The third-order valence-electron chi connectivity index (χ3n) is 2.87. The first-order valence-corrected chi connectivity index (χ1v) is 3.65. The summed E-state index contributed by atoms with van der Waals surface area (Å²) in [6, 6.07) is 0.0764. The van der Waals surface area contributed by atoms with Crippen LogP contribution in [0.25, 0.3) is 0 Å². The largest absolute Gasteiger partial charge is 0.395 e. The van der Waals surface area contributed by atoms with Crippen LogP contribution in [0, 0.1) is 11.3 Å². The minimum atomic E-state index is 0.0764. The summed E-state index contributed by atoms with van der Waals surface area (Å²) in [5.41, 5.74) is 6.30. The fourth-order valence-corrected chi connectivity index (χ4v) is 1.85. The topological polar surface area (TPSA) is 46.2 Å². The molecule has 2 heteroatoms. The van der Waals surface area contributed by atoms with Gasteiger partial charge in [-0.05, 0) is 30.6 Å². The lowest BCUT2D eigenvalue weighted by atomic mass is 10.1. The molecule has 2 unspecified atom stereocenters. The molecule has 3 N–H and O–H groups in total. The molecule has 0 saturated heterocycles. The Morgan fingerprint density at radius 2 is 2.33 bits per heavy atom. The summed E-state index contributed by atoms with van der Waals surface area (Å²) in [6.07, 6.45) is 4.02. The average molecular weight is 127 g/mol. The number of hydrogen-bond acceptors (Lipinski definition) is 2. The number of aliphatic hydroxyl groups is 1. The first-order chi connectivity index (χ1) is 4.28. The highest BCUT2D eigenvalue weighted by Gasteiger charge is 2.64. The van der Waals surface area contributed by atoms with E-state index in [-0.39, 0.29) is 12.6 Å². The minimum Gasteiger partial charge on any atom is -0.395 e. The van der Waals surface area contributed by atoms with Crippen molar-refractivity contribution in [2.45, 2.75) is 25.3 Å². The lowest BCUT2D eigenvalue weighted by molar-refractivity contribution is 0.249. The Bertz CT molecular complexity index is 131. The molecule has 1 spiro atoms. The summed E-state index contributed by atoms with van der Waals surface area (Å²) in [6.45, 7) is 0.173. The molecule has 0 aromatic rings. The van der Waals surface area contributed by atoms with Gasteiger partial charge in [0.1, 0.15) is 0 Å². The van der Waals surface area contributed by atoms with E-state index < -0.39 is 0 Å². The molecule has 0 aromatic carbocycles. The molecule has 0 amide bonds. The van der Waals surface area contributed by atoms with Gasteiger partial charge in [-0.2, -0.15) is 0 Å². The highest BCUT2D eigenvalue weighted by atomic mass is 16.3. The normalized spacial score (nSPS) is 38.7. The van der Waals surface area contributed by atoms with Crippen LogP contribution in [0.5, 0.6) is 0 Å². The number of aliphatic hydroxyl groups excluding tert-OH is 1. The van der Waals surface area contributed by atoms with Crippen molar-refractivity contribution in [2.24, 2.45) is 17.1 Å². The Morgan fingerprint density at radius 3 is 2.67 bits per heavy atom. The molecule has 2 aliphatic rings. The van der Waals surface area contributed by atoms with Gasteiger partial charge in [0.05, 0.1) is 6.61 Å². The number of hydrogen-bond donors (Lipinski definition) is 2. The molecule has 0 bridgehead atoms. The van der Waals surface area contributed by atoms with Crippen LogP contribution in [0.2, 0.25) is 0 Å². The van der Waals surface area contributed by atoms with E-state index >= 15 is 0 Å². The van der Waals surface area contributed by atoms with E-state index in [0.717, 1.165) is 0 Å². The van der Waals surface area contributed by atoms with Gasteiger partial charge in [-0.15, -0.1) is 0 Å². The molecule has 2 nitrogen and oxygen atoms in total. The van der Waals surface area contributed by atoms with Gasteiger partial charge in [0.25, 0.3) is 0 Å². The second-order valence-electron chi connectivity index (χ2n) is 3.52. The molecule has 2 rings (SSSR count). The summed E-state index contributed by atoms with van der Waals surface area (Å²) in [4.78, 5) is 0. The van der Waals surface area contributed by atoms with Gasteiger partial charge in [0, 0.05) is 6.04 Å². The van der Waals surface area contributed by atoms with Gasteiger partial charge in [-0.25, -0.2) is 0 Å². The number of nitrogens with two attached hydrogens (primary N) is 1. The molecule has 0 radical (unpaired) electrons. The molecular formula is C7H13NO. The van der Waals surface area contributed by atoms with Gasteiger partial charge in [0.2, 0.25) is 0 Å². The van der Waals surface area contributed by atoms with Crippen molar-refractivity contribution in [1.29, 1.82) is 0 Å². The zero-order chi connectivity index (χ0) is 6.48. The molecule has 0 aromatic heterocycles. The average Bonchev–Trinajstić information content (AvgIpc) is 2.74. The minimum absolute atomic E-state index is 0.0764. The van der Waals surface area contributed by atoms with E-state index in [9.17, 15) is 0 Å². The van der Waals surface area contributed by atoms with E-state index in [2.05, 4.69) is 0 Å². The van der Waals surface area contributed by atoms with Crippen molar-refractivity contribution >= 4 is 0 Å². The molecule has 52 valence electrons. The lowest BCUT2D eigenvalue weighted by Crippen LogP contribution is -2.27. The first-order valence-electron chi connectivity index (χ1n) is 3.65. The van der Waals surface area contributed by atoms with Crippen LogP contribution < -0.4 is 5.73 Å². The van der Waals surface area contributed by atoms with Crippen molar-refractivity contribution in [2.75, 3.05) is 6.61 Å². The molecule has 2 atom stereocenters. The molecule has 0 heterocycles. The van der Waals surface area contributed by atoms with Gasteiger partial charge in [-0.1, -0.05) is 0 Å².